The molecule has 0 bridgehead atoms. The summed E-state index contributed by atoms with van der Waals surface area (Å²) in [7, 11) is 0. The van der Waals surface area contributed by atoms with Crippen molar-refractivity contribution in [3.8, 4) is 6.07 Å². The molecule has 0 saturated heterocycles. The Morgan fingerprint density at radius 2 is 2.38 bits per heavy atom. The minimum Gasteiger partial charge on any atom is -0.264 e. The maximum atomic E-state index is 8.87. The van der Waals surface area contributed by atoms with Crippen molar-refractivity contribution in [3.05, 3.63) is 30.1 Å². The second kappa shape index (κ2) is 3.18. The van der Waals surface area contributed by atoms with Gasteiger partial charge in [-0.15, -0.1) is 0 Å². The normalized spacial score (nSPS) is 17.8. The Morgan fingerprint density at radius 3 is 2.92 bits per heavy atom. The maximum absolute atomic E-state index is 8.87. The van der Waals surface area contributed by atoms with Crippen LogP contribution in [-0.4, -0.2) is 4.98 Å². The van der Waals surface area contributed by atoms with Crippen LogP contribution in [0.5, 0.6) is 0 Å². The number of nitrogens with zero attached hydrogens (tertiary/aromatic N) is 2. The molecule has 2 heteroatoms. The highest BCUT2D eigenvalue weighted by molar-refractivity contribution is 5.14. The second-order valence-corrected chi connectivity index (χ2v) is 3.75. The van der Waals surface area contributed by atoms with E-state index in [1.807, 2.05) is 12.3 Å². The summed E-state index contributed by atoms with van der Waals surface area (Å²) in [6, 6.07) is 6.42. The number of nitriles is 1. The van der Waals surface area contributed by atoms with E-state index in [0.29, 0.717) is 0 Å². The summed E-state index contributed by atoms with van der Waals surface area (Å²) in [6.07, 6.45) is 7.82. The molecule has 66 valence electrons. The van der Waals surface area contributed by atoms with Crippen molar-refractivity contribution < 1.29 is 0 Å². The smallest absolute Gasteiger partial charge is 0.0689 e. The first-order chi connectivity index (χ1) is 6.35. The Bertz CT molecular complexity index is 320. The van der Waals surface area contributed by atoms with Gasteiger partial charge in [0.25, 0.3) is 0 Å². The molecule has 2 nitrogen and oxygen atoms in total. The molecule has 0 aliphatic heterocycles. The monoisotopic (exact) mass is 172 g/mol. The topological polar surface area (TPSA) is 36.7 Å². The first-order valence-corrected chi connectivity index (χ1v) is 4.65. The third-order valence-corrected chi connectivity index (χ3v) is 2.71. The van der Waals surface area contributed by atoms with Crippen LogP contribution in [0.1, 0.15) is 24.8 Å². The number of pyridine rings is 1. The number of hydrogen-bond acceptors (Lipinski definition) is 2. The number of rotatable bonds is 3. The van der Waals surface area contributed by atoms with Gasteiger partial charge in [0.2, 0.25) is 0 Å². The molecule has 0 spiro atoms. The van der Waals surface area contributed by atoms with Crippen molar-refractivity contribution in [2.75, 3.05) is 0 Å². The number of hydrogen-bond donors (Lipinski definition) is 0. The third kappa shape index (κ3) is 1.86. The minimum atomic E-state index is 0.0237. The van der Waals surface area contributed by atoms with Gasteiger partial charge in [0, 0.05) is 12.4 Å². The van der Waals surface area contributed by atoms with Gasteiger partial charge in [-0.1, -0.05) is 6.07 Å². The molecule has 0 radical (unpaired) electrons. The van der Waals surface area contributed by atoms with Gasteiger partial charge in [-0.25, -0.2) is 0 Å². The molecule has 0 amide bonds. The van der Waals surface area contributed by atoms with Crippen LogP contribution in [0, 0.1) is 16.7 Å². The van der Waals surface area contributed by atoms with E-state index < -0.39 is 0 Å². The summed E-state index contributed by atoms with van der Waals surface area (Å²) in [5.74, 6) is 0. The van der Waals surface area contributed by atoms with Crippen molar-refractivity contribution in [2.45, 2.75) is 25.7 Å². The van der Waals surface area contributed by atoms with Crippen LogP contribution in [0.25, 0.3) is 0 Å². The Balaban J connectivity index is 1.91. The molecule has 0 unspecified atom stereocenters. The Morgan fingerprint density at radius 1 is 1.54 bits per heavy atom. The molecule has 0 aromatic carbocycles. The molecule has 0 N–H and O–H groups in total. The van der Waals surface area contributed by atoms with E-state index in [9.17, 15) is 0 Å². The van der Waals surface area contributed by atoms with E-state index in [0.717, 1.165) is 25.7 Å². The van der Waals surface area contributed by atoms with Crippen molar-refractivity contribution >= 4 is 0 Å². The number of aryl methyl sites for hydroxylation is 1. The average molecular weight is 172 g/mol. The summed E-state index contributed by atoms with van der Waals surface area (Å²) in [5, 5.41) is 8.87. The Kier molecular flexibility index (Phi) is 2.02. The molecule has 13 heavy (non-hydrogen) atoms. The van der Waals surface area contributed by atoms with Crippen LogP contribution in [-0.2, 0) is 6.42 Å². The van der Waals surface area contributed by atoms with E-state index in [4.69, 9.17) is 5.26 Å². The van der Waals surface area contributed by atoms with Crippen LogP contribution >= 0.6 is 0 Å². The van der Waals surface area contributed by atoms with Crippen molar-refractivity contribution in [3.63, 3.8) is 0 Å². The van der Waals surface area contributed by atoms with Crippen LogP contribution in [0.2, 0.25) is 0 Å². The van der Waals surface area contributed by atoms with Gasteiger partial charge < -0.3 is 0 Å². The van der Waals surface area contributed by atoms with Crippen molar-refractivity contribution in [2.24, 2.45) is 5.41 Å². The molecule has 1 saturated carbocycles. The van der Waals surface area contributed by atoms with Gasteiger partial charge in [0.1, 0.15) is 0 Å². The zero-order valence-electron chi connectivity index (χ0n) is 7.53. The predicted octanol–water partition coefficient (Wildman–Crippen LogP) is 2.32. The third-order valence-electron chi connectivity index (χ3n) is 2.71. The van der Waals surface area contributed by atoms with Crippen molar-refractivity contribution in [1.82, 2.24) is 4.98 Å². The first-order valence-electron chi connectivity index (χ1n) is 4.65. The van der Waals surface area contributed by atoms with Gasteiger partial charge in [0.15, 0.2) is 0 Å². The van der Waals surface area contributed by atoms with Crippen molar-refractivity contribution in [1.29, 1.82) is 5.26 Å². The van der Waals surface area contributed by atoms with Gasteiger partial charge >= 0.3 is 0 Å². The molecule has 1 fully saturated rings. The highest BCUT2D eigenvalue weighted by Gasteiger charge is 2.42. The summed E-state index contributed by atoms with van der Waals surface area (Å²) < 4.78 is 0. The fourth-order valence-electron chi connectivity index (χ4n) is 1.50. The molecule has 2 rings (SSSR count). The zero-order valence-corrected chi connectivity index (χ0v) is 7.53. The SMILES string of the molecule is N#CC1(CCc2cccnc2)CC1. The standard InChI is InChI=1S/C11H12N2/c12-9-11(5-6-11)4-3-10-2-1-7-13-8-10/h1-2,7-8H,3-6H2. The highest BCUT2D eigenvalue weighted by atomic mass is 14.6. The number of aromatic nitrogens is 1. The van der Waals surface area contributed by atoms with E-state index in [1.165, 1.54) is 5.56 Å². The van der Waals surface area contributed by atoms with E-state index in [1.54, 1.807) is 6.20 Å². The van der Waals surface area contributed by atoms with E-state index in [2.05, 4.69) is 17.1 Å². The van der Waals surface area contributed by atoms with Crippen LogP contribution in [0.15, 0.2) is 24.5 Å². The van der Waals surface area contributed by atoms with Crippen LogP contribution in [0.4, 0.5) is 0 Å². The molecular formula is C11H12N2. The minimum absolute atomic E-state index is 0.0237. The summed E-state index contributed by atoms with van der Waals surface area (Å²) in [5.41, 5.74) is 1.26. The van der Waals surface area contributed by atoms with E-state index >= 15 is 0 Å². The van der Waals surface area contributed by atoms with Crippen LogP contribution < -0.4 is 0 Å². The van der Waals surface area contributed by atoms with Gasteiger partial charge in [-0.05, 0) is 37.3 Å². The fraction of sp³-hybridized carbons (Fsp3) is 0.455. The Hall–Kier alpha value is -1.36. The second-order valence-electron chi connectivity index (χ2n) is 3.75. The molecule has 1 aliphatic carbocycles. The Labute approximate surface area is 78.2 Å². The summed E-state index contributed by atoms with van der Waals surface area (Å²) >= 11 is 0. The van der Waals surface area contributed by atoms with Gasteiger partial charge in [-0.3, -0.25) is 4.98 Å². The lowest BCUT2D eigenvalue weighted by molar-refractivity contribution is 0.596. The molecule has 0 atom stereocenters. The molecule has 1 aromatic heterocycles. The fourth-order valence-corrected chi connectivity index (χ4v) is 1.50. The first kappa shape index (κ1) is 8.25. The summed E-state index contributed by atoms with van der Waals surface area (Å²) in [4.78, 5) is 4.05. The zero-order chi connectivity index (χ0) is 9.15. The molecule has 1 aliphatic rings. The molecule has 1 aromatic rings. The lowest BCUT2D eigenvalue weighted by atomic mass is 9.99. The maximum Gasteiger partial charge on any atom is 0.0689 e. The van der Waals surface area contributed by atoms with E-state index in [-0.39, 0.29) is 5.41 Å². The van der Waals surface area contributed by atoms with Gasteiger partial charge in [-0.2, -0.15) is 5.26 Å². The lowest BCUT2D eigenvalue weighted by Crippen LogP contribution is -1.98. The van der Waals surface area contributed by atoms with Crippen LogP contribution in [0.3, 0.4) is 0 Å². The summed E-state index contributed by atoms with van der Waals surface area (Å²) in [6.45, 7) is 0. The molecule has 1 heterocycles. The lowest BCUT2D eigenvalue weighted by Gasteiger charge is -2.03. The molecular weight excluding hydrogens is 160 g/mol. The van der Waals surface area contributed by atoms with Gasteiger partial charge in [0.05, 0.1) is 11.5 Å². The predicted molar refractivity (Wildman–Crippen MR) is 49.8 cm³/mol. The average Bonchev–Trinajstić information content (AvgIpc) is 2.97. The quantitative estimate of drug-likeness (QED) is 0.701. The highest BCUT2D eigenvalue weighted by Crippen LogP contribution is 2.48. The largest absolute Gasteiger partial charge is 0.264 e.